The average Bonchev–Trinajstić information content (AvgIpc) is 3.15. The summed E-state index contributed by atoms with van der Waals surface area (Å²) in [5.74, 6) is -1.38. The van der Waals surface area contributed by atoms with Crippen molar-refractivity contribution in [1.82, 2.24) is 4.98 Å². The minimum atomic E-state index is -4.20. The standard InChI is InChI=1S/C18H16ClF2N3O2S2/c1-2-15(11-5-3-4-6-13(11)20)23-16-10-14(21)17(9-12(16)19)28(25,26)24-18-22-7-8-27-18/h3-10,15,23H,2H2,1H3,(H,22,24)/t15-/m0/s1. The lowest BCUT2D eigenvalue weighted by Crippen LogP contribution is -2.16. The van der Waals surface area contributed by atoms with Crippen molar-refractivity contribution in [2.24, 2.45) is 0 Å². The first kappa shape index (κ1) is 20.5. The second-order valence-corrected chi connectivity index (χ2v) is 8.78. The molecule has 5 nitrogen and oxygen atoms in total. The second kappa shape index (κ2) is 8.42. The summed E-state index contributed by atoms with van der Waals surface area (Å²) in [6, 6.07) is 7.78. The Balaban J connectivity index is 1.90. The van der Waals surface area contributed by atoms with Crippen molar-refractivity contribution in [1.29, 1.82) is 0 Å². The normalized spacial score (nSPS) is 12.6. The highest BCUT2D eigenvalue weighted by atomic mass is 35.5. The zero-order valence-electron chi connectivity index (χ0n) is 14.6. The Labute approximate surface area is 170 Å². The van der Waals surface area contributed by atoms with Crippen LogP contribution in [0.25, 0.3) is 0 Å². The summed E-state index contributed by atoms with van der Waals surface area (Å²) in [7, 11) is -4.20. The van der Waals surface area contributed by atoms with Gasteiger partial charge in [-0.3, -0.25) is 4.72 Å². The summed E-state index contributed by atoms with van der Waals surface area (Å²) in [6.07, 6.45) is 1.93. The smallest absolute Gasteiger partial charge is 0.266 e. The molecule has 1 atom stereocenters. The van der Waals surface area contributed by atoms with Gasteiger partial charge in [-0.1, -0.05) is 36.7 Å². The number of halogens is 3. The van der Waals surface area contributed by atoms with Gasteiger partial charge in [-0.2, -0.15) is 0 Å². The molecule has 28 heavy (non-hydrogen) atoms. The van der Waals surface area contributed by atoms with E-state index in [-0.39, 0.29) is 15.8 Å². The van der Waals surface area contributed by atoms with E-state index >= 15 is 0 Å². The van der Waals surface area contributed by atoms with E-state index in [2.05, 4.69) is 15.0 Å². The molecule has 0 saturated heterocycles. The van der Waals surface area contributed by atoms with Gasteiger partial charge in [0.05, 0.1) is 16.8 Å². The Kier molecular flexibility index (Phi) is 6.17. The molecule has 2 aromatic carbocycles. The highest BCUT2D eigenvalue weighted by Gasteiger charge is 2.23. The Hall–Kier alpha value is -2.23. The van der Waals surface area contributed by atoms with E-state index in [1.54, 1.807) is 23.6 Å². The number of thiazole rings is 1. The molecule has 0 spiro atoms. The van der Waals surface area contributed by atoms with Crippen LogP contribution in [0.5, 0.6) is 0 Å². The topological polar surface area (TPSA) is 71.1 Å². The maximum absolute atomic E-state index is 14.6. The highest BCUT2D eigenvalue weighted by molar-refractivity contribution is 7.93. The van der Waals surface area contributed by atoms with E-state index in [4.69, 9.17) is 11.6 Å². The van der Waals surface area contributed by atoms with Crippen LogP contribution in [-0.2, 0) is 10.0 Å². The molecule has 1 aromatic heterocycles. The van der Waals surface area contributed by atoms with Gasteiger partial charge in [0, 0.05) is 17.1 Å². The lowest BCUT2D eigenvalue weighted by Gasteiger charge is -2.21. The molecule has 0 aliphatic carbocycles. The quantitative estimate of drug-likeness (QED) is 0.510. The summed E-state index contributed by atoms with van der Waals surface area (Å²) >= 11 is 7.25. The van der Waals surface area contributed by atoms with Crippen LogP contribution < -0.4 is 10.0 Å². The number of hydrogen-bond donors (Lipinski definition) is 2. The molecule has 0 bridgehead atoms. The molecule has 0 aliphatic heterocycles. The molecule has 0 unspecified atom stereocenters. The zero-order chi connectivity index (χ0) is 20.3. The van der Waals surface area contributed by atoms with E-state index in [0.717, 1.165) is 23.5 Å². The SMILES string of the molecule is CC[C@H](Nc1cc(F)c(S(=O)(=O)Nc2nccs2)cc1Cl)c1ccccc1F. The van der Waals surface area contributed by atoms with E-state index in [1.807, 2.05) is 6.92 Å². The van der Waals surface area contributed by atoms with Crippen LogP contribution >= 0.6 is 22.9 Å². The van der Waals surface area contributed by atoms with Crippen LogP contribution in [-0.4, -0.2) is 13.4 Å². The van der Waals surface area contributed by atoms with Gasteiger partial charge in [-0.05, 0) is 24.6 Å². The Morgan fingerprint density at radius 3 is 2.61 bits per heavy atom. The van der Waals surface area contributed by atoms with Crippen molar-refractivity contribution in [2.45, 2.75) is 24.3 Å². The summed E-state index contributed by atoms with van der Waals surface area (Å²) < 4.78 is 55.7. The Bertz CT molecular complexity index is 1080. The summed E-state index contributed by atoms with van der Waals surface area (Å²) in [6.45, 7) is 1.84. The van der Waals surface area contributed by atoms with Crippen LogP contribution in [0.2, 0.25) is 5.02 Å². The second-order valence-electron chi connectivity index (χ2n) is 5.83. The maximum atomic E-state index is 14.6. The van der Waals surface area contributed by atoms with E-state index in [1.165, 1.54) is 12.3 Å². The molecule has 2 N–H and O–H groups in total. The predicted molar refractivity (Wildman–Crippen MR) is 107 cm³/mol. The molecule has 148 valence electrons. The number of anilines is 2. The molecular formula is C18H16ClF2N3O2S2. The first-order chi connectivity index (χ1) is 13.3. The molecule has 0 amide bonds. The van der Waals surface area contributed by atoms with Gasteiger partial charge in [-0.15, -0.1) is 11.3 Å². The fourth-order valence-corrected chi connectivity index (χ4v) is 4.79. The summed E-state index contributed by atoms with van der Waals surface area (Å²) in [4.78, 5) is 3.21. The fraction of sp³-hybridized carbons (Fsp3) is 0.167. The van der Waals surface area contributed by atoms with Crippen LogP contribution in [0.1, 0.15) is 24.9 Å². The molecule has 0 fully saturated rings. The summed E-state index contributed by atoms with van der Waals surface area (Å²) in [5, 5.41) is 4.68. The van der Waals surface area contributed by atoms with Crippen molar-refractivity contribution in [3.8, 4) is 0 Å². The predicted octanol–water partition coefficient (Wildman–Crippen LogP) is 5.44. The number of benzene rings is 2. The number of aromatic nitrogens is 1. The minimum Gasteiger partial charge on any atom is -0.377 e. The van der Waals surface area contributed by atoms with Crippen LogP contribution in [0, 0.1) is 11.6 Å². The van der Waals surface area contributed by atoms with Crippen molar-refractivity contribution in [3.63, 3.8) is 0 Å². The van der Waals surface area contributed by atoms with Gasteiger partial charge >= 0.3 is 0 Å². The first-order valence-corrected chi connectivity index (χ1v) is 11.0. The largest absolute Gasteiger partial charge is 0.377 e. The lowest BCUT2D eigenvalue weighted by molar-refractivity contribution is 0.570. The lowest BCUT2D eigenvalue weighted by atomic mass is 10.0. The van der Waals surface area contributed by atoms with Crippen LogP contribution in [0.3, 0.4) is 0 Å². The van der Waals surface area contributed by atoms with Crippen molar-refractivity contribution in [2.75, 3.05) is 10.0 Å². The number of hydrogen-bond acceptors (Lipinski definition) is 5. The van der Waals surface area contributed by atoms with Crippen molar-refractivity contribution >= 4 is 43.8 Å². The third-order valence-electron chi connectivity index (χ3n) is 3.98. The number of nitrogens with one attached hydrogen (secondary N) is 2. The molecule has 3 aromatic rings. The van der Waals surface area contributed by atoms with Gasteiger partial charge in [0.2, 0.25) is 0 Å². The van der Waals surface area contributed by atoms with Gasteiger partial charge in [0.25, 0.3) is 10.0 Å². The first-order valence-electron chi connectivity index (χ1n) is 8.24. The third-order valence-corrected chi connectivity index (χ3v) is 6.47. The zero-order valence-corrected chi connectivity index (χ0v) is 17.0. The monoisotopic (exact) mass is 443 g/mol. The third kappa shape index (κ3) is 4.43. The summed E-state index contributed by atoms with van der Waals surface area (Å²) in [5.41, 5.74) is 0.575. The average molecular weight is 444 g/mol. The van der Waals surface area contributed by atoms with E-state index in [9.17, 15) is 17.2 Å². The number of rotatable bonds is 7. The fourth-order valence-electron chi connectivity index (χ4n) is 2.63. The van der Waals surface area contributed by atoms with Gasteiger partial charge in [0.15, 0.2) is 5.13 Å². The van der Waals surface area contributed by atoms with Crippen LogP contribution in [0.15, 0.2) is 52.9 Å². The van der Waals surface area contributed by atoms with Crippen molar-refractivity contribution < 1.29 is 17.2 Å². The van der Waals surface area contributed by atoms with E-state index < -0.39 is 32.6 Å². The molecule has 0 saturated carbocycles. The minimum absolute atomic E-state index is 0.00398. The van der Waals surface area contributed by atoms with Gasteiger partial charge in [-0.25, -0.2) is 22.2 Å². The Morgan fingerprint density at radius 1 is 1.21 bits per heavy atom. The van der Waals surface area contributed by atoms with Gasteiger partial charge < -0.3 is 5.32 Å². The number of sulfonamides is 1. The molecular weight excluding hydrogens is 428 g/mol. The number of nitrogens with zero attached hydrogens (tertiary/aromatic N) is 1. The molecule has 0 radical (unpaired) electrons. The van der Waals surface area contributed by atoms with Crippen molar-refractivity contribution in [3.05, 3.63) is 70.2 Å². The molecule has 1 heterocycles. The maximum Gasteiger partial charge on any atom is 0.266 e. The molecule has 0 aliphatic rings. The van der Waals surface area contributed by atoms with E-state index in [0.29, 0.717) is 12.0 Å². The van der Waals surface area contributed by atoms with Crippen LogP contribution in [0.4, 0.5) is 19.6 Å². The Morgan fingerprint density at radius 2 is 1.96 bits per heavy atom. The highest BCUT2D eigenvalue weighted by Crippen LogP contribution is 2.33. The molecule has 10 heteroatoms. The van der Waals surface area contributed by atoms with Gasteiger partial charge in [0.1, 0.15) is 16.5 Å². The molecule has 3 rings (SSSR count).